The third kappa shape index (κ3) is 2.01. The van der Waals surface area contributed by atoms with Crippen molar-refractivity contribution < 1.29 is 4.39 Å². The molecule has 0 amide bonds. The smallest absolute Gasteiger partial charge is 0.215 e. The van der Waals surface area contributed by atoms with Gasteiger partial charge in [0.15, 0.2) is 0 Å². The molecule has 2 rings (SSSR count). The van der Waals surface area contributed by atoms with Crippen LogP contribution in [0.3, 0.4) is 0 Å². The topological polar surface area (TPSA) is 42.1 Å². The van der Waals surface area contributed by atoms with Crippen LogP contribution in [0.4, 0.5) is 4.39 Å². The first-order chi connectivity index (χ1) is 7.22. The molecule has 0 spiro atoms. The minimum atomic E-state index is -0.379. The number of rotatable bonds is 2. The van der Waals surface area contributed by atoms with Crippen LogP contribution in [0, 0.1) is 12.9 Å². The summed E-state index contributed by atoms with van der Waals surface area (Å²) in [5.74, 6) is -0.379. The van der Waals surface area contributed by atoms with Crippen LogP contribution >= 0.6 is 0 Å². The monoisotopic (exact) mass is 209 g/mol. The van der Waals surface area contributed by atoms with Crippen LogP contribution < -0.4 is 5.73 Å². The Bertz CT molecular complexity index is 354. The standard InChI is InChI=1S/C11H16FN3/c1-8-5-9(6-14-11(8)12)10-3-2-4-15(10)7-13/h5-6,10H,2-4,7,13H2,1H3/t10-/m1/s1. The van der Waals surface area contributed by atoms with E-state index in [9.17, 15) is 4.39 Å². The quantitative estimate of drug-likeness (QED) is 0.752. The molecular formula is C11H16FN3. The Balaban J connectivity index is 2.25. The van der Waals surface area contributed by atoms with E-state index >= 15 is 0 Å². The maximum Gasteiger partial charge on any atom is 0.215 e. The second-order valence-corrected chi connectivity index (χ2v) is 4.03. The lowest BCUT2D eigenvalue weighted by atomic mass is 10.1. The molecule has 0 unspecified atom stereocenters. The molecule has 1 fully saturated rings. The molecule has 1 saturated heterocycles. The summed E-state index contributed by atoms with van der Waals surface area (Å²) >= 11 is 0. The van der Waals surface area contributed by atoms with Gasteiger partial charge in [-0.3, -0.25) is 4.90 Å². The van der Waals surface area contributed by atoms with E-state index in [0.717, 1.165) is 24.9 Å². The lowest BCUT2D eigenvalue weighted by molar-refractivity contribution is 0.264. The Kier molecular flexibility index (Phi) is 2.98. The second kappa shape index (κ2) is 4.24. The number of hydrogen-bond donors (Lipinski definition) is 1. The third-order valence-corrected chi connectivity index (χ3v) is 3.02. The van der Waals surface area contributed by atoms with Gasteiger partial charge < -0.3 is 5.73 Å². The van der Waals surface area contributed by atoms with E-state index in [1.165, 1.54) is 0 Å². The van der Waals surface area contributed by atoms with Crippen molar-refractivity contribution in [3.05, 3.63) is 29.3 Å². The predicted octanol–water partition coefficient (Wildman–Crippen LogP) is 1.58. The Morgan fingerprint density at radius 3 is 3.13 bits per heavy atom. The molecular weight excluding hydrogens is 193 g/mol. The highest BCUT2D eigenvalue weighted by Gasteiger charge is 2.25. The SMILES string of the molecule is Cc1cc([C@H]2CCCN2CN)cnc1F. The van der Waals surface area contributed by atoms with E-state index in [1.807, 2.05) is 6.07 Å². The summed E-state index contributed by atoms with van der Waals surface area (Å²) in [7, 11) is 0. The van der Waals surface area contributed by atoms with Gasteiger partial charge in [0.2, 0.25) is 5.95 Å². The summed E-state index contributed by atoms with van der Waals surface area (Å²) in [6, 6.07) is 2.20. The van der Waals surface area contributed by atoms with Crippen molar-refractivity contribution in [2.45, 2.75) is 25.8 Å². The first kappa shape index (κ1) is 10.5. The number of aromatic nitrogens is 1. The molecule has 82 valence electrons. The molecule has 0 bridgehead atoms. The second-order valence-electron chi connectivity index (χ2n) is 4.03. The molecule has 1 aliphatic heterocycles. The van der Waals surface area contributed by atoms with Crippen LogP contribution in [0.5, 0.6) is 0 Å². The highest BCUT2D eigenvalue weighted by Crippen LogP contribution is 2.30. The maximum absolute atomic E-state index is 13.0. The number of likely N-dealkylation sites (tertiary alicyclic amines) is 1. The van der Waals surface area contributed by atoms with Crippen LogP contribution in [0.25, 0.3) is 0 Å². The molecule has 4 heteroatoms. The number of nitrogens with zero attached hydrogens (tertiary/aromatic N) is 2. The zero-order valence-electron chi connectivity index (χ0n) is 8.91. The van der Waals surface area contributed by atoms with Gasteiger partial charge in [-0.05, 0) is 31.4 Å². The molecule has 0 aliphatic carbocycles. The van der Waals surface area contributed by atoms with Gasteiger partial charge in [0.25, 0.3) is 0 Å². The van der Waals surface area contributed by atoms with Crippen molar-refractivity contribution in [3.8, 4) is 0 Å². The van der Waals surface area contributed by atoms with Crippen LogP contribution in [0.2, 0.25) is 0 Å². The molecule has 1 atom stereocenters. The fourth-order valence-corrected chi connectivity index (χ4v) is 2.18. The van der Waals surface area contributed by atoms with Gasteiger partial charge in [0.05, 0.1) is 0 Å². The van der Waals surface area contributed by atoms with Crippen molar-refractivity contribution >= 4 is 0 Å². The molecule has 0 aromatic carbocycles. The Labute approximate surface area is 89.1 Å². The van der Waals surface area contributed by atoms with E-state index in [2.05, 4.69) is 9.88 Å². The minimum Gasteiger partial charge on any atom is -0.318 e. The van der Waals surface area contributed by atoms with Gasteiger partial charge in [-0.15, -0.1) is 0 Å². The molecule has 0 radical (unpaired) electrons. The van der Waals surface area contributed by atoms with Crippen molar-refractivity contribution in [1.82, 2.24) is 9.88 Å². The van der Waals surface area contributed by atoms with Gasteiger partial charge in [0.1, 0.15) is 0 Å². The Morgan fingerprint density at radius 1 is 1.67 bits per heavy atom. The largest absolute Gasteiger partial charge is 0.318 e. The van der Waals surface area contributed by atoms with Crippen molar-refractivity contribution in [2.24, 2.45) is 5.73 Å². The Hall–Kier alpha value is -1.00. The predicted molar refractivity (Wildman–Crippen MR) is 56.7 cm³/mol. The fourth-order valence-electron chi connectivity index (χ4n) is 2.18. The van der Waals surface area contributed by atoms with Gasteiger partial charge in [0, 0.05) is 31.0 Å². The number of aryl methyl sites for hydroxylation is 1. The average molecular weight is 209 g/mol. The zero-order chi connectivity index (χ0) is 10.8. The van der Waals surface area contributed by atoms with Crippen molar-refractivity contribution in [1.29, 1.82) is 0 Å². The van der Waals surface area contributed by atoms with Crippen molar-refractivity contribution in [2.75, 3.05) is 13.2 Å². The van der Waals surface area contributed by atoms with Gasteiger partial charge in [-0.25, -0.2) is 4.98 Å². The Morgan fingerprint density at radius 2 is 2.47 bits per heavy atom. The number of halogens is 1. The summed E-state index contributed by atoms with van der Waals surface area (Å²) in [6.07, 6.45) is 3.86. The van der Waals surface area contributed by atoms with E-state index in [0.29, 0.717) is 18.3 Å². The molecule has 2 heterocycles. The van der Waals surface area contributed by atoms with Gasteiger partial charge in [-0.2, -0.15) is 4.39 Å². The highest BCUT2D eigenvalue weighted by molar-refractivity contribution is 5.22. The molecule has 1 aromatic heterocycles. The fraction of sp³-hybridized carbons (Fsp3) is 0.545. The van der Waals surface area contributed by atoms with E-state index < -0.39 is 0 Å². The maximum atomic E-state index is 13.0. The summed E-state index contributed by atoms with van der Waals surface area (Å²) in [5, 5.41) is 0. The molecule has 1 aliphatic rings. The van der Waals surface area contributed by atoms with Crippen LogP contribution in [-0.4, -0.2) is 23.1 Å². The summed E-state index contributed by atoms with van der Waals surface area (Å²) < 4.78 is 13.0. The first-order valence-electron chi connectivity index (χ1n) is 5.28. The average Bonchev–Trinajstić information content (AvgIpc) is 2.70. The molecule has 3 nitrogen and oxygen atoms in total. The molecule has 15 heavy (non-hydrogen) atoms. The summed E-state index contributed by atoms with van der Waals surface area (Å²) in [4.78, 5) is 5.96. The lowest BCUT2D eigenvalue weighted by Gasteiger charge is -2.22. The highest BCUT2D eigenvalue weighted by atomic mass is 19.1. The normalized spacial score (nSPS) is 22.2. The first-order valence-corrected chi connectivity index (χ1v) is 5.28. The number of hydrogen-bond acceptors (Lipinski definition) is 3. The summed E-state index contributed by atoms with van der Waals surface area (Å²) in [5.41, 5.74) is 7.35. The lowest BCUT2D eigenvalue weighted by Crippen LogP contribution is -2.29. The zero-order valence-corrected chi connectivity index (χ0v) is 8.91. The van der Waals surface area contributed by atoms with E-state index in [-0.39, 0.29) is 5.95 Å². The molecule has 2 N–H and O–H groups in total. The number of nitrogens with two attached hydrogens (primary N) is 1. The van der Waals surface area contributed by atoms with Gasteiger partial charge >= 0.3 is 0 Å². The minimum absolute atomic E-state index is 0.321. The summed E-state index contributed by atoms with van der Waals surface area (Å²) in [6.45, 7) is 3.33. The molecule has 1 aromatic rings. The van der Waals surface area contributed by atoms with Crippen molar-refractivity contribution in [3.63, 3.8) is 0 Å². The number of pyridine rings is 1. The van der Waals surface area contributed by atoms with Gasteiger partial charge in [-0.1, -0.05) is 0 Å². The molecule has 0 saturated carbocycles. The van der Waals surface area contributed by atoms with Crippen LogP contribution in [0.1, 0.15) is 30.0 Å². The third-order valence-electron chi connectivity index (χ3n) is 3.02. The van der Waals surface area contributed by atoms with Crippen LogP contribution in [0.15, 0.2) is 12.3 Å². The van der Waals surface area contributed by atoms with E-state index in [1.54, 1.807) is 13.1 Å². The van der Waals surface area contributed by atoms with Crippen LogP contribution in [-0.2, 0) is 0 Å². The van der Waals surface area contributed by atoms with E-state index in [4.69, 9.17) is 5.73 Å².